The Kier molecular flexibility index (Phi) is 9.10. The molecule has 1 aromatic heterocycles. The molecule has 0 radical (unpaired) electrons. The highest BCUT2D eigenvalue weighted by atomic mass is 19.4. The Bertz CT molecular complexity index is 700. The van der Waals surface area contributed by atoms with E-state index in [2.05, 4.69) is 9.88 Å². The molecule has 1 aliphatic rings. The number of carboxylic acid groups (broad SMARTS) is 1. The number of hydrogen-bond donors (Lipinski definition) is 4. The second kappa shape index (κ2) is 11.1. The van der Waals surface area contributed by atoms with E-state index in [1.54, 1.807) is 0 Å². The van der Waals surface area contributed by atoms with Gasteiger partial charge in [0.15, 0.2) is 0 Å². The van der Waals surface area contributed by atoms with Crippen molar-refractivity contribution < 1.29 is 33.1 Å². The van der Waals surface area contributed by atoms with Gasteiger partial charge in [0.25, 0.3) is 0 Å². The zero-order valence-corrected chi connectivity index (χ0v) is 17.4. The van der Waals surface area contributed by atoms with E-state index in [1.807, 2.05) is 4.90 Å². The first-order chi connectivity index (χ1) is 14.5. The van der Waals surface area contributed by atoms with E-state index in [0.717, 1.165) is 12.3 Å². The molecule has 1 fully saturated rings. The Morgan fingerprint density at radius 1 is 1.10 bits per heavy atom. The van der Waals surface area contributed by atoms with Crippen molar-refractivity contribution in [3.63, 3.8) is 0 Å². The average molecular weight is 446 g/mol. The van der Waals surface area contributed by atoms with Gasteiger partial charge in [-0.05, 0) is 44.3 Å². The summed E-state index contributed by atoms with van der Waals surface area (Å²) < 4.78 is 38.0. The van der Waals surface area contributed by atoms with Gasteiger partial charge in [0.2, 0.25) is 0 Å². The minimum atomic E-state index is -4.40. The lowest BCUT2D eigenvalue weighted by atomic mass is 9.81. The molecule has 174 valence electrons. The Balaban J connectivity index is 1.75. The molecule has 8 nitrogen and oxygen atoms in total. The quantitative estimate of drug-likeness (QED) is 0.298. The maximum atomic E-state index is 12.7. The summed E-state index contributed by atoms with van der Waals surface area (Å²) in [5, 5.41) is 27.2. The lowest BCUT2D eigenvalue weighted by molar-refractivity contribution is -0.144. The summed E-state index contributed by atoms with van der Waals surface area (Å²) in [5.74, 6) is -0.553. The number of nitrogens with zero attached hydrogens (tertiary/aromatic N) is 3. The molecular formula is C19H30BF3N4O4. The van der Waals surface area contributed by atoms with Crippen LogP contribution in [0.1, 0.15) is 37.7 Å². The molecule has 1 atom stereocenters. The third-order valence-corrected chi connectivity index (χ3v) is 5.63. The number of pyridine rings is 1. The number of piperazine rings is 1. The number of carbonyl (C=O) groups is 1. The van der Waals surface area contributed by atoms with Crippen molar-refractivity contribution in [2.45, 2.75) is 50.1 Å². The van der Waals surface area contributed by atoms with Gasteiger partial charge in [-0.2, -0.15) is 13.2 Å². The summed E-state index contributed by atoms with van der Waals surface area (Å²) in [4.78, 5) is 19.6. The number of unbranched alkanes of at least 4 members (excludes halogenated alkanes) is 1. The number of rotatable bonds is 11. The van der Waals surface area contributed by atoms with Crippen molar-refractivity contribution in [3.05, 3.63) is 23.9 Å². The standard InChI is InChI=1S/C19H30BF3N4O4/c21-19(22,23)15-4-5-16(25-14-15)27-12-10-26(11-13-27)9-3-7-18(24,17(28)29)6-1-2-8-20(30)31/h4-5,14,30-31H,1-3,6-13,24H2,(H,28,29). The third-order valence-electron chi connectivity index (χ3n) is 5.63. The normalized spacial score (nSPS) is 17.4. The lowest BCUT2D eigenvalue weighted by Crippen LogP contribution is -2.50. The maximum Gasteiger partial charge on any atom is 0.451 e. The van der Waals surface area contributed by atoms with E-state index in [-0.39, 0.29) is 12.7 Å². The van der Waals surface area contributed by atoms with Crippen molar-refractivity contribution >= 4 is 18.9 Å². The Morgan fingerprint density at radius 2 is 1.74 bits per heavy atom. The number of alkyl halides is 3. The van der Waals surface area contributed by atoms with Gasteiger partial charge < -0.3 is 25.8 Å². The lowest BCUT2D eigenvalue weighted by Gasteiger charge is -2.36. The van der Waals surface area contributed by atoms with E-state index in [4.69, 9.17) is 15.8 Å². The van der Waals surface area contributed by atoms with Crippen molar-refractivity contribution in [3.8, 4) is 0 Å². The van der Waals surface area contributed by atoms with Crippen LogP contribution in [0.5, 0.6) is 0 Å². The van der Waals surface area contributed by atoms with Gasteiger partial charge in [0.05, 0.1) is 5.56 Å². The predicted molar refractivity (Wildman–Crippen MR) is 111 cm³/mol. The maximum absolute atomic E-state index is 12.7. The third kappa shape index (κ3) is 7.95. The zero-order valence-electron chi connectivity index (χ0n) is 17.4. The molecular weight excluding hydrogens is 416 g/mol. The summed E-state index contributed by atoms with van der Waals surface area (Å²) in [6, 6.07) is 2.41. The molecule has 1 saturated heterocycles. The molecule has 0 aliphatic carbocycles. The van der Waals surface area contributed by atoms with Crippen LogP contribution in [0.3, 0.4) is 0 Å². The SMILES string of the molecule is NC(CCCCB(O)O)(CCCN1CCN(c2ccc(C(F)(F)F)cn2)CC1)C(=O)O. The summed E-state index contributed by atoms with van der Waals surface area (Å²) in [5.41, 5.74) is 3.96. The highest BCUT2D eigenvalue weighted by Crippen LogP contribution is 2.29. The summed E-state index contributed by atoms with van der Waals surface area (Å²) in [7, 11) is -1.39. The van der Waals surface area contributed by atoms with Crippen LogP contribution in [0, 0.1) is 0 Å². The highest BCUT2D eigenvalue weighted by molar-refractivity contribution is 6.40. The van der Waals surface area contributed by atoms with E-state index < -0.39 is 30.4 Å². The van der Waals surface area contributed by atoms with Crippen LogP contribution in [0.25, 0.3) is 0 Å². The highest BCUT2D eigenvalue weighted by Gasteiger charge is 2.33. The summed E-state index contributed by atoms with van der Waals surface area (Å²) in [6.07, 6.45) is -1.21. The zero-order chi connectivity index (χ0) is 23.1. The summed E-state index contributed by atoms with van der Waals surface area (Å²) >= 11 is 0. The molecule has 2 rings (SSSR count). The van der Waals surface area contributed by atoms with E-state index >= 15 is 0 Å². The molecule has 0 saturated carbocycles. The summed E-state index contributed by atoms with van der Waals surface area (Å²) in [6.45, 7) is 3.31. The van der Waals surface area contributed by atoms with Gasteiger partial charge >= 0.3 is 19.3 Å². The molecule has 31 heavy (non-hydrogen) atoms. The first-order valence-electron chi connectivity index (χ1n) is 10.4. The topological polar surface area (TPSA) is 123 Å². The predicted octanol–water partition coefficient (Wildman–Crippen LogP) is 1.43. The number of nitrogens with two attached hydrogens (primary N) is 1. The first kappa shape index (κ1) is 25.4. The number of anilines is 1. The van der Waals surface area contributed by atoms with Gasteiger partial charge in [-0.3, -0.25) is 9.69 Å². The second-order valence-corrected chi connectivity index (χ2v) is 8.02. The van der Waals surface area contributed by atoms with Gasteiger partial charge in [-0.1, -0.05) is 12.8 Å². The van der Waals surface area contributed by atoms with Crippen molar-refractivity contribution in [2.24, 2.45) is 5.73 Å². The van der Waals surface area contributed by atoms with Crippen molar-refractivity contribution in [1.29, 1.82) is 0 Å². The average Bonchev–Trinajstić information content (AvgIpc) is 2.71. The second-order valence-electron chi connectivity index (χ2n) is 8.02. The Labute approximate surface area is 180 Å². The minimum Gasteiger partial charge on any atom is -0.480 e. The molecule has 0 bridgehead atoms. The van der Waals surface area contributed by atoms with Crippen LogP contribution in [0.4, 0.5) is 19.0 Å². The van der Waals surface area contributed by atoms with Gasteiger partial charge in [-0.15, -0.1) is 0 Å². The Morgan fingerprint density at radius 3 is 2.26 bits per heavy atom. The molecule has 1 unspecified atom stereocenters. The van der Waals surface area contributed by atoms with Crippen molar-refractivity contribution in [1.82, 2.24) is 9.88 Å². The van der Waals surface area contributed by atoms with Crippen LogP contribution >= 0.6 is 0 Å². The van der Waals surface area contributed by atoms with Crippen molar-refractivity contribution in [2.75, 3.05) is 37.6 Å². The van der Waals surface area contributed by atoms with Crippen LogP contribution in [0.2, 0.25) is 6.32 Å². The minimum absolute atomic E-state index is 0.188. The molecule has 12 heteroatoms. The fourth-order valence-electron chi connectivity index (χ4n) is 3.67. The van der Waals surface area contributed by atoms with E-state index in [1.165, 1.54) is 6.07 Å². The van der Waals surface area contributed by atoms with Crippen LogP contribution < -0.4 is 10.6 Å². The number of halogens is 3. The van der Waals surface area contributed by atoms with E-state index in [0.29, 0.717) is 64.2 Å². The number of aliphatic carboxylic acids is 1. The number of hydrogen-bond acceptors (Lipinski definition) is 7. The van der Waals surface area contributed by atoms with Crippen LogP contribution in [-0.4, -0.2) is 76.4 Å². The van der Waals surface area contributed by atoms with Gasteiger partial charge in [0, 0.05) is 32.4 Å². The molecule has 0 aromatic carbocycles. The van der Waals surface area contributed by atoms with E-state index in [9.17, 15) is 23.1 Å². The number of carboxylic acids is 1. The molecule has 1 aliphatic heterocycles. The molecule has 1 aromatic rings. The van der Waals surface area contributed by atoms with Crippen LogP contribution in [0.15, 0.2) is 18.3 Å². The molecule has 2 heterocycles. The molecule has 0 spiro atoms. The molecule has 5 N–H and O–H groups in total. The fourth-order valence-corrected chi connectivity index (χ4v) is 3.67. The Hall–Kier alpha value is -1.89. The monoisotopic (exact) mass is 446 g/mol. The number of aromatic nitrogens is 1. The molecule has 0 amide bonds. The largest absolute Gasteiger partial charge is 0.480 e. The first-order valence-corrected chi connectivity index (χ1v) is 10.4. The van der Waals surface area contributed by atoms with Gasteiger partial charge in [-0.25, -0.2) is 4.98 Å². The van der Waals surface area contributed by atoms with Gasteiger partial charge in [0.1, 0.15) is 11.4 Å². The smallest absolute Gasteiger partial charge is 0.451 e. The fraction of sp³-hybridized carbons (Fsp3) is 0.684. The van der Waals surface area contributed by atoms with Crippen LogP contribution in [-0.2, 0) is 11.0 Å².